The van der Waals surface area contributed by atoms with E-state index in [0.717, 1.165) is 11.1 Å². The van der Waals surface area contributed by atoms with E-state index in [1.807, 2.05) is 37.3 Å². The van der Waals surface area contributed by atoms with Gasteiger partial charge < -0.3 is 20.3 Å². The number of phenols is 1. The van der Waals surface area contributed by atoms with E-state index in [1.54, 1.807) is 18.2 Å². The standard InChI is InChI=1S/C21H22N4O3/c1-2-27-16-10-13(8-9-15(16)26)17-14(11-22)20(23)28-21-18(17)19(24-25-21)12-6-4-3-5-7-12/h3-10,17-19,21,24-26H,2,23H2,1H3. The molecule has 1 saturated heterocycles. The Labute approximate surface area is 163 Å². The first-order valence-electron chi connectivity index (χ1n) is 9.22. The van der Waals surface area contributed by atoms with Gasteiger partial charge in [0.25, 0.3) is 0 Å². The highest BCUT2D eigenvalue weighted by atomic mass is 16.5. The first-order valence-corrected chi connectivity index (χ1v) is 9.22. The lowest BCUT2D eigenvalue weighted by atomic mass is 9.74. The number of nitrogens with one attached hydrogen (secondary N) is 2. The lowest BCUT2D eigenvalue weighted by molar-refractivity contribution is 0.0340. The number of hydrazine groups is 1. The summed E-state index contributed by atoms with van der Waals surface area (Å²) in [6.45, 7) is 2.28. The summed E-state index contributed by atoms with van der Waals surface area (Å²) < 4.78 is 11.3. The number of fused-ring (bicyclic) bond motifs is 1. The van der Waals surface area contributed by atoms with Gasteiger partial charge in [0, 0.05) is 11.8 Å². The second-order valence-electron chi connectivity index (χ2n) is 6.82. The van der Waals surface area contributed by atoms with Crippen molar-refractivity contribution in [3.8, 4) is 17.6 Å². The molecule has 0 amide bonds. The van der Waals surface area contributed by atoms with E-state index in [4.69, 9.17) is 15.2 Å². The number of aromatic hydroxyl groups is 1. The normalized spacial score (nSPS) is 26.3. The molecular weight excluding hydrogens is 356 g/mol. The van der Waals surface area contributed by atoms with Crippen LogP contribution in [0.25, 0.3) is 0 Å². The zero-order valence-corrected chi connectivity index (χ0v) is 15.4. The predicted octanol–water partition coefficient (Wildman–Crippen LogP) is 2.39. The number of allylic oxidation sites excluding steroid dienone is 1. The number of nitriles is 1. The lowest BCUT2D eigenvalue weighted by Gasteiger charge is -2.36. The minimum Gasteiger partial charge on any atom is -0.504 e. The van der Waals surface area contributed by atoms with E-state index < -0.39 is 6.23 Å². The van der Waals surface area contributed by atoms with E-state index in [9.17, 15) is 10.4 Å². The fourth-order valence-electron chi connectivity index (χ4n) is 4.04. The highest BCUT2D eigenvalue weighted by Crippen LogP contribution is 2.48. The molecule has 144 valence electrons. The Kier molecular flexibility index (Phi) is 4.82. The second-order valence-corrected chi connectivity index (χ2v) is 6.82. The van der Waals surface area contributed by atoms with E-state index >= 15 is 0 Å². The molecule has 4 rings (SSSR count). The molecular formula is C21H22N4O3. The van der Waals surface area contributed by atoms with Gasteiger partial charge >= 0.3 is 0 Å². The topological polar surface area (TPSA) is 113 Å². The zero-order valence-electron chi connectivity index (χ0n) is 15.4. The molecule has 2 aliphatic rings. The van der Waals surface area contributed by atoms with Gasteiger partial charge in [0.05, 0.1) is 18.2 Å². The number of benzene rings is 2. The number of nitrogens with two attached hydrogens (primary N) is 1. The molecule has 4 unspecified atom stereocenters. The molecule has 7 nitrogen and oxygen atoms in total. The molecule has 0 bridgehead atoms. The van der Waals surface area contributed by atoms with Crippen LogP contribution < -0.4 is 21.3 Å². The van der Waals surface area contributed by atoms with Crippen LogP contribution >= 0.6 is 0 Å². The molecule has 4 atom stereocenters. The van der Waals surface area contributed by atoms with Crippen LogP contribution in [-0.4, -0.2) is 17.9 Å². The van der Waals surface area contributed by atoms with Crippen molar-refractivity contribution < 1.29 is 14.6 Å². The molecule has 0 aliphatic carbocycles. The summed E-state index contributed by atoms with van der Waals surface area (Å²) in [6.07, 6.45) is -0.392. The summed E-state index contributed by atoms with van der Waals surface area (Å²) in [5, 5.41) is 19.9. The third kappa shape index (κ3) is 3.03. The quantitative estimate of drug-likeness (QED) is 0.646. The number of phenolic OH excluding ortho intramolecular Hbond substituents is 1. The van der Waals surface area contributed by atoms with E-state index in [0.29, 0.717) is 17.9 Å². The Bertz CT molecular complexity index is 938. The average Bonchev–Trinajstić information content (AvgIpc) is 3.13. The van der Waals surface area contributed by atoms with Crippen molar-refractivity contribution in [1.29, 1.82) is 5.26 Å². The summed E-state index contributed by atoms with van der Waals surface area (Å²) in [5.74, 6) is 0.114. The molecule has 0 aromatic heterocycles. The van der Waals surface area contributed by atoms with Crippen molar-refractivity contribution in [3.05, 3.63) is 71.1 Å². The monoisotopic (exact) mass is 378 g/mol. The van der Waals surface area contributed by atoms with E-state index in [1.165, 1.54) is 0 Å². The maximum atomic E-state index is 10.1. The van der Waals surface area contributed by atoms with Gasteiger partial charge in [0.15, 0.2) is 17.7 Å². The third-order valence-electron chi connectivity index (χ3n) is 5.25. The molecule has 0 radical (unpaired) electrons. The van der Waals surface area contributed by atoms with Crippen LogP contribution in [0.5, 0.6) is 11.5 Å². The third-order valence-corrected chi connectivity index (χ3v) is 5.25. The van der Waals surface area contributed by atoms with Gasteiger partial charge in [-0.2, -0.15) is 5.26 Å². The van der Waals surface area contributed by atoms with Crippen molar-refractivity contribution in [2.24, 2.45) is 11.7 Å². The van der Waals surface area contributed by atoms with E-state index in [-0.39, 0.29) is 29.5 Å². The van der Waals surface area contributed by atoms with Gasteiger partial charge in [-0.05, 0) is 30.2 Å². The summed E-state index contributed by atoms with van der Waals surface area (Å²) in [4.78, 5) is 0. The minimum absolute atomic E-state index is 0.0620. The van der Waals surface area contributed by atoms with Gasteiger partial charge in [-0.3, -0.25) is 0 Å². The maximum Gasteiger partial charge on any atom is 0.200 e. The number of hydrogen-bond acceptors (Lipinski definition) is 7. The van der Waals surface area contributed by atoms with Crippen LogP contribution in [0, 0.1) is 17.2 Å². The first-order chi connectivity index (χ1) is 13.6. The SMILES string of the molecule is CCOc1cc(C2C(C#N)=C(N)OC3NNC(c4ccccc4)C32)ccc1O. The van der Waals surface area contributed by atoms with Crippen molar-refractivity contribution >= 4 is 0 Å². The number of ether oxygens (including phenoxy) is 2. The molecule has 1 fully saturated rings. The largest absolute Gasteiger partial charge is 0.504 e. The summed E-state index contributed by atoms with van der Waals surface area (Å²) >= 11 is 0. The van der Waals surface area contributed by atoms with Crippen molar-refractivity contribution in [1.82, 2.24) is 10.9 Å². The molecule has 2 aromatic carbocycles. The summed E-state index contributed by atoms with van der Waals surface area (Å²) in [5.41, 5.74) is 14.8. The van der Waals surface area contributed by atoms with Gasteiger partial charge in [-0.1, -0.05) is 36.4 Å². The first kappa shape index (κ1) is 18.2. The van der Waals surface area contributed by atoms with Crippen LogP contribution in [-0.2, 0) is 4.74 Å². The maximum absolute atomic E-state index is 10.1. The fraction of sp³-hybridized carbons (Fsp3) is 0.286. The summed E-state index contributed by atoms with van der Waals surface area (Å²) in [7, 11) is 0. The Morgan fingerprint density at radius 1 is 1.18 bits per heavy atom. The highest BCUT2D eigenvalue weighted by Gasteiger charge is 2.49. The van der Waals surface area contributed by atoms with Crippen LogP contribution in [0.1, 0.15) is 30.0 Å². The van der Waals surface area contributed by atoms with Crippen LogP contribution in [0.3, 0.4) is 0 Å². The van der Waals surface area contributed by atoms with Gasteiger partial charge in [-0.25, -0.2) is 10.9 Å². The van der Waals surface area contributed by atoms with Crippen molar-refractivity contribution in [2.75, 3.05) is 6.61 Å². The minimum atomic E-state index is -0.392. The smallest absolute Gasteiger partial charge is 0.200 e. The molecule has 0 spiro atoms. The Balaban J connectivity index is 1.82. The number of rotatable bonds is 4. The van der Waals surface area contributed by atoms with Gasteiger partial charge in [0.2, 0.25) is 5.88 Å². The van der Waals surface area contributed by atoms with Crippen LogP contribution in [0.15, 0.2) is 60.0 Å². The Morgan fingerprint density at radius 3 is 2.68 bits per heavy atom. The summed E-state index contributed by atoms with van der Waals surface area (Å²) in [6, 6.07) is 17.3. The molecule has 5 N–H and O–H groups in total. The Hall–Kier alpha value is -3.21. The Morgan fingerprint density at radius 2 is 1.96 bits per heavy atom. The van der Waals surface area contributed by atoms with Crippen molar-refractivity contribution in [3.63, 3.8) is 0 Å². The average molecular weight is 378 g/mol. The van der Waals surface area contributed by atoms with Crippen LogP contribution in [0.2, 0.25) is 0 Å². The van der Waals surface area contributed by atoms with Gasteiger partial charge in [-0.15, -0.1) is 0 Å². The molecule has 2 heterocycles. The second kappa shape index (κ2) is 7.43. The highest BCUT2D eigenvalue weighted by molar-refractivity contribution is 5.49. The zero-order chi connectivity index (χ0) is 19.7. The van der Waals surface area contributed by atoms with E-state index in [2.05, 4.69) is 16.9 Å². The fourth-order valence-corrected chi connectivity index (χ4v) is 4.04. The molecule has 0 saturated carbocycles. The van der Waals surface area contributed by atoms with Crippen LogP contribution in [0.4, 0.5) is 0 Å². The predicted molar refractivity (Wildman–Crippen MR) is 103 cm³/mol. The van der Waals surface area contributed by atoms with Crippen molar-refractivity contribution in [2.45, 2.75) is 25.1 Å². The van der Waals surface area contributed by atoms with Gasteiger partial charge in [0.1, 0.15) is 6.07 Å². The molecule has 28 heavy (non-hydrogen) atoms. The molecule has 2 aromatic rings. The lowest BCUT2D eigenvalue weighted by Crippen LogP contribution is -2.41. The number of nitrogens with zero attached hydrogens (tertiary/aromatic N) is 1. The molecule has 7 heteroatoms. The molecule has 2 aliphatic heterocycles. The number of hydrogen-bond donors (Lipinski definition) is 4.